The number of halogens is 1. The number of para-hydroxylation sites is 1. The van der Waals surface area contributed by atoms with E-state index in [2.05, 4.69) is 31.4 Å². The lowest BCUT2D eigenvalue weighted by molar-refractivity contribution is 0.582. The van der Waals surface area contributed by atoms with Gasteiger partial charge >= 0.3 is 0 Å². The van der Waals surface area contributed by atoms with Gasteiger partial charge in [-0.05, 0) is 46.3 Å². The molecule has 21 heavy (non-hydrogen) atoms. The van der Waals surface area contributed by atoms with Crippen LogP contribution in [0.1, 0.15) is 17.4 Å². The van der Waals surface area contributed by atoms with Crippen LogP contribution in [0.2, 0.25) is 0 Å². The van der Waals surface area contributed by atoms with Crippen LogP contribution < -0.4 is 11.3 Å². The van der Waals surface area contributed by atoms with Crippen LogP contribution in [0.5, 0.6) is 0 Å². The molecule has 0 saturated carbocycles. The summed E-state index contributed by atoms with van der Waals surface area (Å²) in [6.45, 7) is 0. The highest BCUT2D eigenvalue weighted by Gasteiger charge is 2.21. The van der Waals surface area contributed by atoms with E-state index < -0.39 is 0 Å². The first-order valence-corrected chi connectivity index (χ1v) is 7.26. The summed E-state index contributed by atoms with van der Waals surface area (Å²) < 4.78 is 2.75. The molecule has 0 bridgehead atoms. The molecule has 0 aliphatic carbocycles. The third-order valence-corrected chi connectivity index (χ3v) is 3.87. The fourth-order valence-corrected chi connectivity index (χ4v) is 2.72. The number of hydrogen-bond acceptors (Lipinski definition) is 4. The molecule has 3 rings (SSSR count). The maximum Gasteiger partial charge on any atom is 0.106 e. The molecule has 6 heteroatoms. The lowest BCUT2D eigenvalue weighted by atomic mass is 10.1. The fourth-order valence-electron chi connectivity index (χ4n) is 2.23. The minimum Gasteiger partial charge on any atom is -0.270 e. The summed E-state index contributed by atoms with van der Waals surface area (Å²) in [5, 5.41) is 4.39. The van der Waals surface area contributed by atoms with E-state index in [0.717, 1.165) is 21.5 Å². The maximum atomic E-state index is 5.76. The molecule has 3 aromatic rings. The van der Waals surface area contributed by atoms with E-state index in [1.165, 1.54) is 0 Å². The molecule has 0 amide bonds. The highest BCUT2D eigenvalue weighted by molar-refractivity contribution is 9.10. The molecule has 106 valence electrons. The Bertz CT molecular complexity index is 726. The lowest BCUT2D eigenvalue weighted by Gasteiger charge is -2.18. The van der Waals surface area contributed by atoms with E-state index in [0.29, 0.717) is 0 Å². The van der Waals surface area contributed by atoms with Crippen molar-refractivity contribution in [3.63, 3.8) is 0 Å². The Kier molecular flexibility index (Phi) is 4.10. The second-order valence-electron chi connectivity index (χ2n) is 4.47. The van der Waals surface area contributed by atoms with Crippen LogP contribution in [-0.4, -0.2) is 14.8 Å². The minimum absolute atomic E-state index is 0.261. The van der Waals surface area contributed by atoms with Gasteiger partial charge in [0.15, 0.2) is 0 Å². The lowest BCUT2D eigenvalue weighted by Crippen LogP contribution is -2.31. The van der Waals surface area contributed by atoms with E-state index >= 15 is 0 Å². The molecule has 0 radical (unpaired) electrons. The van der Waals surface area contributed by atoms with Crippen molar-refractivity contribution >= 4 is 15.9 Å². The zero-order chi connectivity index (χ0) is 14.7. The molecular weight excluding hydrogens is 330 g/mol. The number of rotatable bonds is 4. The van der Waals surface area contributed by atoms with Gasteiger partial charge in [-0.3, -0.25) is 10.8 Å². The van der Waals surface area contributed by atoms with Gasteiger partial charge in [0.05, 0.1) is 17.1 Å². The topological polar surface area (TPSA) is 68.8 Å². The second-order valence-corrected chi connectivity index (χ2v) is 5.33. The summed E-state index contributed by atoms with van der Waals surface area (Å²) in [5.74, 6) is 5.76. The van der Waals surface area contributed by atoms with Crippen molar-refractivity contribution in [2.75, 3.05) is 0 Å². The summed E-state index contributed by atoms with van der Waals surface area (Å²) in [5.41, 5.74) is 5.53. The Morgan fingerprint density at radius 2 is 1.86 bits per heavy atom. The van der Waals surface area contributed by atoms with Crippen molar-refractivity contribution in [3.8, 4) is 5.69 Å². The van der Waals surface area contributed by atoms with Gasteiger partial charge in [-0.25, -0.2) is 10.1 Å². The molecule has 0 fully saturated rings. The molecule has 0 aliphatic heterocycles. The Hall–Kier alpha value is -2.02. The average molecular weight is 344 g/mol. The van der Waals surface area contributed by atoms with Crippen molar-refractivity contribution in [1.82, 2.24) is 20.2 Å². The third-order valence-electron chi connectivity index (χ3n) is 3.20. The quantitative estimate of drug-likeness (QED) is 0.564. The van der Waals surface area contributed by atoms with Crippen LogP contribution in [0, 0.1) is 0 Å². The number of pyridine rings is 1. The molecule has 0 saturated heterocycles. The molecule has 1 atom stereocenters. The summed E-state index contributed by atoms with van der Waals surface area (Å²) >= 11 is 3.52. The van der Waals surface area contributed by atoms with Crippen LogP contribution in [-0.2, 0) is 0 Å². The largest absolute Gasteiger partial charge is 0.270 e. The SMILES string of the molecule is NNC(c1ncccc1Br)c1ccnn1-c1ccccc1. The third kappa shape index (κ3) is 2.73. The molecule has 0 aliphatic rings. The van der Waals surface area contributed by atoms with Gasteiger partial charge in [0.1, 0.15) is 6.04 Å². The summed E-state index contributed by atoms with van der Waals surface area (Å²) in [4.78, 5) is 4.41. The molecule has 2 aromatic heterocycles. The average Bonchev–Trinajstić information content (AvgIpc) is 3.00. The van der Waals surface area contributed by atoms with Crippen LogP contribution >= 0.6 is 15.9 Å². The van der Waals surface area contributed by atoms with Gasteiger partial charge in [0, 0.05) is 16.9 Å². The van der Waals surface area contributed by atoms with Crippen molar-refractivity contribution in [2.45, 2.75) is 6.04 Å². The Labute approximate surface area is 130 Å². The fraction of sp³-hybridized carbons (Fsp3) is 0.0667. The molecule has 0 spiro atoms. The Morgan fingerprint density at radius 3 is 2.57 bits per heavy atom. The molecule has 1 aromatic carbocycles. The van der Waals surface area contributed by atoms with Gasteiger partial charge in [0.2, 0.25) is 0 Å². The Morgan fingerprint density at radius 1 is 1.05 bits per heavy atom. The van der Waals surface area contributed by atoms with Gasteiger partial charge < -0.3 is 0 Å². The van der Waals surface area contributed by atoms with Crippen molar-refractivity contribution in [3.05, 3.63) is 76.8 Å². The maximum absolute atomic E-state index is 5.76. The van der Waals surface area contributed by atoms with Crippen molar-refractivity contribution in [1.29, 1.82) is 0 Å². The van der Waals surface area contributed by atoms with E-state index in [9.17, 15) is 0 Å². The van der Waals surface area contributed by atoms with E-state index in [1.54, 1.807) is 12.4 Å². The first kappa shape index (κ1) is 13.9. The van der Waals surface area contributed by atoms with Gasteiger partial charge in [-0.1, -0.05) is 18.2 Å². The zero-order valence-corrected chi connectivity index (χ0v) is 12.7. The van der Waals surface area contributed by atoms with E-state index in [4.69, 9.17) is 5.84 Å². The Balaban J connectivity index is 2.08. The number of nitrogens with one attached hydrogen (secondary N) is 1. The highest BCUT2D eigenvalue weighted by Crippen LogP contribution is 2.27. The molecule has 5 nitrogen and oxygen atoms in total. The number of nitrogens with zero attached hydrogens (tertiary/aromatic N) is 3. The first-order chi connectivity index (χ1) is 10.3. The van der Waals surface area contributed by atoms with Crippen LogP contribution in [0.25, 0.3) is 5.69 Å². The van der Waals surface area contributed by atoms with Crippen molar-refractivity contribution < 1.29 is 0 Å². The number of benzene rings is 1. The highest BCUT2D eigenvalue weighted by atomic mass is 79.9. The number of aromatic nitrogens is 3. The minimum atomic E-state index is -0.261. The summed E-state index contributed by atoms with van der Waals surface area (Å²) in [6, 6.07) is 15.4. The first-order valence-electron chi connectivity index (χ1n) is 6.47. The van der Waals surface area contributed by atoms with E-state index in [1.807, 2.05) is 53.2 Å². The van der Waals surface area contributed by atoms with Gasteiger partial charge in [-0.2, -0.15) is 5.10 Å². The zero-order valence-electron chi connectivity index (χ0n) is 11.1. The normalized spacial score (nSPS) is 12.3. The van der Waals surface area contributed by atoms with Gasteiger partial charge in [0.25, 0.3) is 0 Å². The predicted molar refractivity (Wildman–Crippen MR) is 84.7 cm³/mol. The second kappa shape index (κ2) is 6.17. The standard InChI is InChI=1S/C15H14BrN5/c16-12-7-4-9-18-14(12)15(20-17)13-8-10-19-21(13)11-5-2-1-3-6-11/h1-10,15,20H,17H2. The molecule has 1 unspecified atom stereocenters. The van der Waals surface area contributed by atoms with Gasteiger partial charge in [-0.15, -0.1) is 0 Å². The number of hydrogen-bond donors (Lipinski definition) is 2. The van der Waals surface area contributed by atoms with Crippen molar-refractivity contribution in [2.24, 2.45) is 5.84 Å². The monoisotopic (exact) mass is 343 g/mol. The number of nitrogens with two attached hydrogens (primary N) is 1. The van der Waals surface area contributed by atoms with E-state index in [-0.39, 0.29) is 6.04 Å². The molecular formula is C15H14BrN5. The number of hydrazine groups is 1. The van der Waals surface area contributed by atoms with Crippen LogP contribution in [0.3, 0.4) is 0 Å². The molecule has 3 N–H and O–H groups in total. The smallest absolute Gasteiger partial charge is 0.106 e. The summed E-state index contributed by atoms with van der Waals surface area (Å²) in [7, 11) is 0. The summed E-state index contributed by atoms with van der Waals surface area (Å²) in [6.07, 6.45) is 3.50. The molecule has 2 heterocycles. The predicted octanol–water partition coefficient (Wildman–Crippen LogP) is 2.58. The van der Waals surface area contributed by atoms with Crippen LogP contribution in [0.15, 0.2) is 65.4 Å². The van der Waals surface area contributed by atoms with Crippen LogP contribution in [0.4, 0.5) is 0 Å².